The molecule has 1 N–H and O–H groups in total. The quantitative estimate of drug-likeness (QED) is 0.723. The van der Waals surface area contributed by atoms with E-state index in [-0.39, 0.29) is 6.04 Å². The largest absolute Gasteiger partial charge is 0.461 e. The van der Waals surface area contributed by atoms with Crippen LogP contribution in [0.2, 0.25) is 0 Å². The molecule has 0 saturated carbocycles. The zero-order valence-corrected chi connectivity index (χ0v) is 13.6. The minimum Gasteiger partial charge on any atom is -0.461 e. The Hall–Kier alpha value is -2.54. The third kappa shape index (κ3) is 3.29. The van der Waals surface area contributed by atoms with Gasteiger partial charge >= 0.3 is 5.97 Å². The highest BCUT2D eigenvalue weighted by Crippen LogP contribution is 2.25. The highest BCUT2D eigenvalue weighted by atomic mass is 32.1. The molecule has 0 spiro atoms. The molecular formula is C16H16N4O2S. The number of thiophene rings is 1. The SMILES string of the molecule is CCOC(=O)c1nc(N[C@@H](C)c2ccccn2)nc2ccsc12. The highest BCUT2D eigenvalue weighted by molar-refractivity contribution is 7.17. The van der Waals surface area contributed by atoms with Gasteiger partial charge in [-0.2, -0.15) is 0 Å². The van der Waals surface area contributed by atoms with E-state index in [1.54, 1.807) is 13.1 Å². The van der Waals surface area contributed by atoms with Gasteiger partial charge in [0.15, 0.2) is 5.69 Å². The summed E-state index contributed by atoms with van der Waals surface area (Å²) in [4.78, 5) is 25.2. The Kier molecular flexibility index (Phi) is 4.47. The average Bonchev–Trinajstić information content (AvgIpc) is 3.03. The van der Waals surface area contributed by atoms with Crippen LogP contribution in [0.4, 0.5) is 5.95 Å². The van der Waals surface area contributed by atoms with Crippen LogP contribution in [-0.2, 0) is 4.74 Å². The molecule has 0 amide bonds. The van der Waals surface area contributed by atoms with E-state index in [2.05, 4.69) is 20.3 Å². The van der Waals surface area contributed by atoms with E-state index in [0.29, 0.717) is 18.2 Å². The van der Waals surface area contributed by atoms with Crippen molar-refractivity contribution in [1.82, 2.24) is 15.0 Å². The zero-order valence-electron chi connectivity index (χ0n) is 12.8. The van der Waals surface area contributed by atoms with Crippen LogP contribution in [-0.4, -0.2) is 27.5 Å². The Morgan fingerprint density at radius 3 is 2.96 bits per heavy atom. The summed E-state index contributed by atoms with van der Waals surface area (Å²) in [5.41, 5.74) is 1.89. The second kappa shape index (κ2) is 6.70. The van der Waals surface area contributed by atoms with E-state index < -0.39 is 5.97 Å². The van der Waals surface area contributed by atoms with Gasteiger partial charge in [0.2, 0.25) is 5.95 Å². The van der Waals surface area contributed by atoms with Crippen LogP contribution in [0, 0.1) is 0 Å². The van der Waals surface area contributed by atoms with Gasteiger partial charge in [0, 0.05) is 6.20 Å². The molecule has 0 aromatic carbocycles. The zero-order chi connectivity index (χ0) is 16.2. The van der Waals surface area contributed by atoms with Crippen molar-refractivity contribution in [2.45, 2.75) is 19.9 Å². The number of carbonyl (C=O) groups excluding carboxylic acids is 1. The fourth-order valence-electron chi connectivity index (χ4n) is 2.17. The van der Waals surface area contributed by atoms with Crippen LogP contribution in [0.25, 0.3) is 10.2 Å². The van der Waals surface area contributed by atoms with Crippen LogP contribution in [0.1, 0.15) is 36.1 Å². The summed E-state index contributed by atoms with van der Waals surface area (Å²) in [5, 5.41) is 5.07. The molecule has 7 heteroatoms. The second-order valence-corrected chi connectivity index (χ2v) is 5.79. The first-order valence-electron chi connectivity index (χ1n) is 7.29. The molecule has 23 heavy (non-hydrogen) atoms. The summed E-state index contributed by atoms with van der Waals surface area (Å²) in [7, 11) is 0. The molecule has 0 aliphatic rings. The van der Waals surface area contributed by atoms with Gasteiger partial charge in [0.05, 0.1) is 28.6 Å². The fourth-order valence-corrected chi connectivity index (χ4v) is 2.97. The summed E-state index contributed by atoms with van der Waals surface area (Å²) >= 11 is 1.43. The van der Waals surface area contributed by atoms with E-state index in [1.165, 1.54) is 11.3 Å². The lowest BCUT2D eigenvalue weighted by Gasteiger charge is -2.14. The van der Waals surface area contributed by atoms with Gasteiger partial charge in [-0.3, -0.25) is 4.98 Å². The fraction of sp³-hybridized carbons (Fsp3) is 0.250. The molecule has 0 fully saturated rings. The average molecular weight is 328 g/mol. The summed E-state index contributed by atoms with van der Waals surface area (Å²) < 4.78 is 5.82. The van der Waals surface area contributed by atoms with Crippen molar-refractivity contribution in [1.29, 1.82) is 0 Å². The first-order chi connectivity index (χ1) is 11.2. The van der Waals surface area contributed by atoms with Gasteiger partial charge in [-0.1, -0.05) is 6.07 Å². The van der Waals surface area contributed by atoms with Crippen LogP contribution < -0.4 is 5.32 Å². The predicted octanol–water partition coefficient (Wildman–Crippen LogP) is 3.44. The Balaban J connectivity index is 1.93. The molecule has 3 rings (SSSR count). The van der Waals surface area contributed by atoms with Crippen LogP contribution in [0.5, 0.6) is 0 Å². The van der Waals surface area contributed by atoms with Gasteiger partial charge in [0.25, 0.3) is 0 Å². The minimum absolute atomic E-state index is 0.0812. The second-order valence-electron chi connectivity index (χ2n) is 4.87. The number of ether oxygens (including phenoxy) is 1. The van der Waals surface area contributed by atoms with E-state index in [0.717, 1.165) is 15.9 Å². The summed E-state index contributed by atoms with van der Waals surface area (Å²) in [5.74, 6) is -0.0482. The van der Waals surface area contributed by atoms with Gasteiger partial charge < -0.3 is 10.1 Å². The maximum absolute atomic E-state index is 12.1. The predicted molar refractivity (Wildman–Crippen MR) is 89.6 cm³/mol. The van der Waals surface area contributed by atoms with Gasteiger partial charge in [-0.15, -0.1) is 11.3 Å². The molecule has 0 aliphatic heterocycles. The molecular weight excluding hydrogens is 312 g/mol. The number of aromatic nitrogens is 3. The number of fused-ring (bicyclic) bond motifs is 1. The lowest BCUT2D eigenvalue weighted by molar-refractivity contribution is 0.0522. The maximum atomic E-state index is 12.1. The van der Waals surface area contributed by atoms with Gasteiger partial charge in [0.1, 0.15) is 0 Å². The lowest BCUT2D eigenvalue weighted by atomic mass is 10.2. The third-order valence-corrected chi connectivity index (χ3v) is 4.16. The topological polar surface area (TPSA) is 77.0 Å². The van der Waals surface area contributed by atoms with E-state index in [9.17, 15) is 4.79 Å². The molecule has 0 bridgehead atoms. The first kappa shape index (κ1) is 15.4. The van der Waals surface area contributed by atoms with Crippen LogP contribution in [0.15, 0.2) is 35.8 Å². The third-order valence-electron chi connectivity index (χ3n) is 3.25. The molecule has 1 atom stereocenters. The van der Waals surface area contributed by atoms with Crippen molar-refractivity contribution >= 4 is 33.5 Å². The van der Waals surface area contributed by atoms with Crippen molar-refractivity contribution in [3.05, 3.63) is 47.2 Å². The number of carbonyl (C=O) groups is 1. The van der Waals surface area contributed by atoms with Gasteiger partial charge in [-0.25, -0.2) is 14.8 Å². The first-order valence-corrected chi connectivity index (χ1v) is 8.17. The molecule has 3 heterocycles. The molecule has 0 radical (unpaired) electrons. The molecule has 0 unspecified atom stereocenters. The monoisotopic (exact) mass is 328 g/mol. The Labute approximate surface area is 137 Å². The Morgan fingerprint density at radius 1 is 1.35 bits per heavy atom. The maximum Gasteiger partial charge on any atom is 0.358 e. The van der Waals surface area contributed by atoms with Crippen LogP contribution >= 0.6 is 11.3 Å². The lowest BCUT2D eigenvalue weighted by Crippen LogP contribution is -2.14. The minimum atomic E-state index is -0.434. The Bertz CT molecular complexity index is 819. The van der Waals surface area contributed by atoms with Crippen molar-refractivity contribution < 1.29 is 9.53 Å². The number of hydrogen-bond donors (Lipinski definition) is 1. The highest BCUT2D eigenvalue weighted by Gasteiger charge is 2.18. The normalized spacial score (nSPS) is 12.1. The smallest absolute Gasteiger partial charge is 0.358 e. The number of nitrogens with one attached hydrogen (secondary N) is 1. The number of pyridine rings is 1. The molecule has 118 valence electrons. The molecule has 0 saturated heterocycles. The standard InChI is InChI=1S/C16H16N4O2S/c1-3-22-15(21)13-14-12(7-9-23-14)19-16(20-13)18-10(2)11-6-4-5-8-17-11/h4-10H,3H2,1-2H3,(H,18,19,20)/t10-/m0/s1. The van der Waals surface area contributed by atoms with E-state index in [4.69, 9.17) is 4.74 Å². The van der Waals surface area contributed by atoms with Crippen molar-refractivity contribution in [3.63, 3.8) is 0 Å². The number of hydrogen-bond acceptors (Lipinski definition) is 7. The van der Waals surface area contributed by atoms with Crippen molar-refractivity contribution in [3.8, 4) is 0 Å². The summed E-state index contributed by atoms with van der Waals surface area (Å²) in [6.45, 7) is 4.05. The van der Waals surface area contributed by atoms with Gasteiger partial charge in [-0.05, 0) is 37.4 Å². The molecule has 3 aromatic heterocycles. The van der Waals surface area contributed by atoms with Crippen LogP contribution in [0.3, 0.4) is 0 Å². The molecule has 3 aromatic rings. The number of rotatable bonds is 5. The summed E-state index contributed by atoms with van der Waals surface area (Å²) in [6.07, 6.45) is 1.74. The summed E-state index contributed by atoms with van der Waals surface area (Å²) in [6, 6.07) is 7.49. The van der Waals surface area contributed by atoms with Crippen molar-refractivity contribution in [2.24, 2.45) is 0 Å². The van der Waals surface area contributed by atoms with E-state index in [1.807, 2.05) is 36.6 Å². The Morgan fingerprint density at radius 2 is 2.22 bits per heavy atom. The van der Waals surface area contributed by atoms with E-state index >= 15 is 0 Å². The molecule has 0 aliphatic carbocycles. The number of nitrogens with zero attached hydrogens (tertiary/aromatic N) is 3. The molecule has 6 nitrogen and oxygen atoms in total. The number of esters is 1. The number of anilines is 1. The van der Waals surface area contributed by atoms with Crippen molar-refractivity contribution in [2.75, 3.05) is 11.9 Å².